The fourth-order valence-corrected chi connectivity index (χ4v) is 1.12. The second kappa shape index (κ2) is 7.63. The van der Waals surface area contributed by atoms with Crippen molar-refractivity contribution in [3.63, 3.8) is 0 Å². The van der Waals surface area contributed by atoms with Crippen molar-refractivity contribution in [2.45, 2.75) is 46.6 Å². The molecule has 0 saturated heterocycles. The first-order valence-electron chi connectivity index (χ1n) is 5.98. The predicted octanol–water partition coefficient (Wildman–Crippen LogP) is 1.29. The van der Waals surface area contributed by atoms with Crippen LogP contribution < -0.4 is 11.1 Å². The Morgan fingerprint density at radius 2 is 2.06 bits per heavy atom. The Balaban J connectivity index is 3.59. The van der Waals surface area contributed by atoms with E-state index in [9.17, 15) is 4.79 Å². The van der Waals surface area contributed by atoms with Crippen LogP contribution in [0.25, 0.3) is 0 Å². The van der Waals surface area contributed by atoms with Crippen molar-refractivity contribution in [3.8, 4) is 0 Å². The molecule has 0 aromatic rings. The van der Waals surface area contributed by atoms with E-state index in [0.717, 1.165) is 13.0 Å². The van der Waals surface area contributed by atoms with Crippen LogP contribution in [0, 0.1) is 5.41 Å². The Morgan fingerprint density at radius 1 is 1.44 bits per heavy atom. The molecule has 16 heavy (non-hydrogen) atoms. The smallest absolute Gasteiger partial charge is 0.221 e. The van der Waals surface area contributed by atoms with Gasteiger partial charge in [-0.15, -0.1) is 0 Å². The lowest BCUT2D eigenvalue weighted by atomic mass is 9.85. The van der Waals surface area contributed by atoms with Crippen molar-refractivity contribution >= 4 is 5.91 Å². The molecule has 0 bridgehead atoms. The van der Waals surface area contributed by atoms with Crippen LogP contribution in [0.3, 0.4) is 0 Å². The number of ether oxygens (including phenoxy) is 1. The molecule has 0 spiro atoms. The summed E-state index contributed by atoms with van der Waals surface area (Å²) in [4.78, 5) is 11.5. The maximum atomic E-state index is 11.5. The van der Waals surface area contributed by atoms with Gasteiger partial charge in [0.15, 0.2) is 0 Å². The molecule has 0 aromatic heterocycles. The lowest BCUT2D eigenvalue weighted by molar-refractivity contribution is -0.122. The first-order chi connectivity index (χ1) is 7.38. The highest BCUT2D eigenvalue weighted by molar-refractivity contribution is 5.76. The van der Waals surface area contributed by atoms with Crippen molar-refractivity contribution < 1.29 is 9.53 Å². The molecule has 0 fully saturated rings. The van der Waals surface area contributed by atoms with Crippen molar-refractivity contribution in [2.75, 3.05) is 19.8 Å². The summed E-state index contributed by atoms with van der Waals surface area (Å²) in [6, 6.07) is -0.0978. The Kier molecular flexibility index (Phi) is 7.34. The van der Waals surface area contributed by atoms with Gasteiger partial charge in [-0.25, -0.2) is 0 Å². The van der Waals surface area contributed by atoms with Crippen LogP contribution in [-0.4, -0.2) is 31.7 Å². The molecule has 4 nitrogen and oxygen atoms in total. The van der Waals surface area contributed by atoms with E-state index in [2.05, 4.69) is 5.32 Å². The van der Waals surface area contributed by atoms with Crippen molar-refractivity contribution in [2.24, 2.45) is 11.1 Å². The number of nitrogens with two attached hydrogens (primary N) is 1. The zero-order valence-electron chi connectivity index (χ0n) is 11.0. The topological polar surface area (TPSA) is 64.3 Å². The molecule has 0 rings (SSSR count). The van der Waals surface area contributed by atoms with Gasteiger partial charge in [-0.1, -0.05) is 20.8 Å². The van der Waals surface area contributed by atoms with Gasteiger partial charge in [-0.3, -0.25) is 4.79 Å². The predicted molar refractivity (Wildman–Crippen MR) is 66.2 cm³/mol. The summed E-state index contributed by atoms with van der Waals surface area (Å²) in [5.74, 6) is 0.0268. The maximum Gasteiger partial charge on any atom is 0.221 e. The summed E-state index contributed by atoms with van der Waals surface area (Å²) in [6.07, 6.45) is 1.24. The van der Waals surface area contributed by atoms with Gasteiger partial charge in [-0.05, 0) is 18.8 Å². The fraction of sp³-hybridized carbons (Fsp3) is 0.917. The third kappa shape index (κ3) is 7.65. The van der Waals surface area contributed by atoms with Crippen molar-refractivity contribution in [1.29, 1.82) is 0 Å². The SMILES string of the molecule is CCOCCCNC(=O)CC(N)C(C)(C)C. The van der Waals surface area contributed by atoms with Gasteiger partial charge >= 0.3 is 0 Å². The van der Waals surface area contributed by atoms with Crippen LogP contribution in [0.2, 0.25) is 0 Å². The first kappa shape index (κ1) is 15.4. The zero-order chi connectivity index (χ0) is 12.6. The Morgan fingerprint density at radius 3 is 2.56 bits per heavy atom. The molecule has 1 unspecified atom stereocenters. The molecule has 1 amide bonds. The summed E-state index contributed by atoms with van der Waals surface area (Å²) >= 11 is 0. The van der Waals surface area contributed by atoms with Crippen LogP contribution in [0.5, 0.6) is 0 Å². The lowest BCUT2D eigenvalue weighted by Crippen LogP contribution is -2.40. The number of carbonyl (C=O) groups excluding carboxylic acids is 1. The number of amides is 1. The number of rotatable bonds is 7. The summed E-state index contributed by atoms with van der Waals surface area (Å²) in [5, 5.41) is 2.85. The lowest BCUT2D eigenvalue weighted by Gasteiger charge is -2.26. The molecule has 0 heterocycles. The molecular weight excluding hydrogens is 204 g/mol. The van der Waals surface area contributed by atoms with Gasteiger partial charge in [-0.2, -0.15) is 0 Å². The molecule has 4 heteroatoms. The average molecular weight is 230 g/mol. The third-order valence-electron chi connectivity index (χ3n) is 2.51. The third-order valence-corrected chi connectivity index (χ3v) is 2.51. The minimum Gasteiger partial charge on any atom is -0.382 e. The van der Waals surface area contributed by atoms with E-state index < -0.39 is 0 Å². The molecule has 3 N–H and O–H groups in total. The molecule has 0 aliphatic rings. The van der Waals surface area contributed by atoms with Crippen molar-refractivity contribution in [3.05, 3.63) is 0 Å². The van der Waals surface area contributed by atoms with E-state index in [0.29, 0.717) is 19.6 Å². The van der Waals surface area contributed by atoms with Crippen LogP contribution >= 0.6 is 0 Å². The van der Waals surface area contributed by atoms with E-state index in [-0.39, 0.29) is 17.4 Å². The van der Waals surface area contributed by atoms with E-state index in [1.165, 1.54) is 0 Å². The standard InChI is InChI=1S/C12H26N2O2/c1-5-16-8-6-7-14-11(15)9-10(13)12(2,3)4/h10H,5-9,13H2,1-4H3,(H,14,15). The van der Waals surface area contributed by atoms with E-state index >= 15 is 0 Å². The summed E-state index contributed by atoms with van der Waals surface area (Å²) < 4.78 is 5.17. The highest BCUT2D eigenvalue weighted by Crippen LogP contribution is 2.19. The highest BCUT2D eigenvalue weighted by atomic mass is 16.5. The fourth-order valence-electron chi connectivity index (χ4n) is 1.12. The second-order valence-corrected chi connectivity index (χ2v) is 5.08. The van der Waals surface area contributed by atoms with Crippen LogP contribution in [-0.2, 0) is 9.53 Å². The number of hydrogen-bond acceptors (Lipinski definition) is 3. The van der Waals surface area contributed by atoms with Gasteiger partial charge in [0.2, 0.25) is 5.91 Å². The summed E-state index contributed by atoms with van der Waals surface area (Å²) in [6.45, 7) is 10.2. The number of hydrogen-bond donors (Lipinski definition) is 2. The van der Waals surface area contributed by atoms with Gasteiger partial charge < -0.3 is 15.8 Å². The van der Waals surface area contributed by atoms with Crippen LogP contribution in [0.4, 0.5) is 0 Å². The Bertz CT molecular complexity index is 200. The Hall–Kier alpha value is -0.610. The maximum absolute atomic E-state index is 11.5. The summed E-state index contributed by atoms with van der Waals surface area (Å²) in [7, 11) is 0. The summed E-state index contributed by atoms with van der Waals surface area (Å²) in [5.41, 5.74) is 5.89. The quantitative estimate of drug-likeness (QED) is 0.648. The molecule has 0 aliphatic heterocycles. The van der Waals surface area contributed by atoms with Crippen LogP contribution in [0.15, 0.2) is 0 Å². The van der Waals surface area contributed by atoms with Crippen molar-refractivity contribution in [1.82, 2.24) is 5.32 Å². The molecular formula is C12H26N2O2. The molecule has 0 saturated carbocycles. The van der Waals surface area contributed by atoms with Gasteiger partial charge in [0.05, 0.1) is 0 Å². The zero-order valence-corrected chi connectivity index (χ0v) is 11.0. The molecule has 96 valence electrons. The minimum absolute atomic E-state index is 0.0251. The van der Waals surface area contributed by atoms with Crippen LogP contribution in [0.1, 0.15) is 40.5 Å². The molecule has 0 radical (unpaired) electrons. The van der Waals surface area contributed by atoms with Gasteiger partial charge in [0, 0.05) is 32.2 Å². The Labute approximate surface area is 98.9 Å². The first-order valence-corrected chi connectivity index (χ1v) is 5.98. The van der Waals surface area contributed by atoms with Gasteiger partial charge in [0.25, 0.3) is 0 Å². The second-order valence-electron chi connectivity index (χ2n) is 5.08. The highest BCUT2D eigenvalue weighted by Gasteiger charge is 2.22. The van der Waals surface area contributed by atoms with Gasteiger partial charge in [0.1, 0.15) is 0 Å². The molecule has 1 atom stereocenters. The monoisotopic (exact) mass is 230 g/mol. The number of carbonyl (C=O) groups is 1. The number of nitrogens with one attached hydrogen (secondary N) is 1. The largest absolute Gasteiger partial charge is 0.382 e. The van der Waals surface area contributed by atoms with E-state index in [4.69, 9.17) is 10.5 Å². The molecule has 0 aromatic carbocycles. The van der Waals surface area contributed by atoms with E-state index in [1.54, 1.807) is 0 Å². The normalized spacial score (nSPS) is 13.6. The average Bonchev–Trinajstić information content (AvgIpc) is 2.16. The van der Waals surface area contributed by atoms with E-state index in [1.807, 2.05) is 27.7 Å². The molecule has 0 aliphatic carbocycles. The minimum atomic E-state index is -0.0978.